The van der Waals surface area contributed by atoms with Crippen molar-refractivity contribution in [1.82, 2.24) is 9.97 Å². The summed E-state index contributed by atoms with van der Waals surface area (Å²) >= 11 is 9.17. The molecule has 116 valence electrons. The number of thiophene rings is 1. The topological polar surface area (TPSA) is 54.9 Å². The van der Waals surface area contributed by atoms with Crippen LogP contribution in [0.4, 0.5) is 5.69 Å². The van der Waals surface area contributed by atoms with Gasteiger partial charge in [0.1, 0.15) is 11.6 Å². The summed E-state index contributed by atoms with van der Waals surface area (Å²) < 4.78 is 1.06. The Morgan fingerprint density at radius 2 is 2.04 bits per heavy atom. The van der Waals surface area contributed by atoms with Crippen molar-refractivity contribution in [3.63, 3.8) is 0 Å². The van der Waals surface area contributed by atoms with Crippen LogP contribution in [-0.4, -0.2) is 15.9 Å². The van der Waals surface area contributed by atoms with Crippen LogP contribution in [0.25, 0.3) is 0 Å². The standard InChI is InChI=1S/C16H12ClN3OS2/c17-12-4-1-3-11(7-12)15(23-14-5-2-6-22-14)16(21)20-13-8-18-10-19-9-13/h1-10,15H,(H,20,21). The van der Waals surface area contributed by atoms with Gasteiger partial charge in [-0.3, -0.25) is 4.79 Å². The molecule has 0 aliphatic rings. The van der Waals surface area contributed by atoms with Crippen molar-refractivity contribution in [2.24, 2.45) is 0 Å². The maximum atomic E-state index is 12.7. The van der Waals surface area contributed by atoms with Crippen molar-refractivity contribution < 1.29 is 4.79 Å². The minimum atomic E-state index is -0.410. The first kappa shape index (κ1) is 16.0. The number of halogens is 1. The molecule has 23 heavy (non-hydrogen) atoms. The molecule has 0 aliphatic heterocycles. The molecule has 0 radical (unpaired) electrons. The van der Waals surface area contributed by atoms with Crippen molar-refractivity contribution >= 4 is 46.3 Å². The Labute approximate surface area is 146 Å². The van der Waals surface area contributed by atoms with E-state index in [1.165, 1.54) is 18.1 Å². The number of nitrogens with zero attached hydrogens (tertiary/aromatic N) is 2. The normalized spacial score (nSPS) is 11.9. The van der Waals surface area contributed by atoms with E-state index in [1.54, 1.807) is 29.8 Å². The molecule has 1 unspecified atom stereocenters. The number of hydrogen-bond acceptors (Lipinski definition) is 5. The van der Waals surface area contributed by atoms with Gasteiger partial charge in [-0.15, -0.1) is 11.3 Å². The highest BCUT2D eigenvalue weighted by Gasteiger charge is 2.23. The number of carbonyl (C=O) groups is 1. The first-order valence-electron chi connectivity index (χ1n) is 6.74. The Morgan fingerprint density at radius 3 is 2.74 bits per heavy atom. The highest BCUT2D eigenvalue weighted by molar-refractivity contribution is 8.02. The van der Waals surface area contributed by atoms with Gasteiger partial charge in [-0.1, -0.05) is 41.6 Å². The van der Waals surface area contributed by atoms with Gasteiger partial charge < -0.3 is 5.32 Å². The Kier molecular flexibility index (Phi) is 5.27. The Balaban J connectivity index is 1.86. The quantitative estimate of drug-likeness (QED) is 0.671. The van der Waals surface area contributed by atoms with Crippen LogP contribution >= 0.6 is 34.7 Å². The van der Waals surface area contributed by atoms with E-state index in [-0.39, 0.29) is 5.91 Å². The fourth-order valence-electron chi connectivity index (χ4n) is 1.96. The van der Waals surface area contributed by atoms with E-state index in [0.717, 1.165) is 9.77 Å². The molecule has 1 aromatic carbocycles. The van der Waals surface area contributed by atoms with E-state index in [0.29, 0.717) is 10.7 Å². The minimum Gasteiger partial charge on any atom is -0.322 e. The lowest BCUT2D eigenvalue weighted by Gasteiger charge is -2.16. The number of hydrogen-bond donors (Lipinski definition) is 1. The van der Waals surface area contributed by atoms with Gasteiger partial charge in [-0.25, -0.2) is 9.97 Å². The fourth-order valence-corrected chi connectivity index (χ4v) is 4.12. The molecular weight excluding hydrogens is 350 g/mol. The largest absolute Gasteiger partial charge is 0.322 e. The van der Waals surface area contributed by atoms with Crippen molar-refractivity contribution in [2.45, 2.75) is 9.46 Å². The number of rotatable bonds is 5. The third kappa shape index (κ3) is 4.31. The summed E-state index contributed by atoms with van der Waals surface area (Å²) in [6.45, 7) is 0. The molecular formula is C16H12ClN3OS2. The van der Waals surface area contributed by atoms with Crippen molar-refractivity contribution in [3.05, 3.63) is 71.1 Å². The molecule has 2 heterocycles. The number of aromatic nitrogens is 2. The van der Waals surface area contributed by atoms with Crippen LogP contribution in [0, 0.1) is 0 Å². The van der Waals surface area contributed by atoms with Gasteiger partial charge in [0.25, 0.3) is 0 Å². The van der Waals surface area contributed by atoms with Crippen LogP contribution < -0.4 is 5.32 Å². The van der Waals surface area contributed by atoms with Crippen LogP contribution in [-0.2, 0) is 4.79 Å². The zero-order chi connectivity index (χ0) is 16.1. The van der Waals surface area contributed by atoms with E-state index in [9.17, 15) is 4.79 Å². The molecule has 0 saturated heterocycles. The van der Waals surface area contributed by atoms with Crippen LogP contribution in [0.1, 0.15) is 10.8 Å². The summed E-state index contributed by atoms with van der Waals surface area (Å²) in [6.07, 6.45) is 4.55. The second-order valence-electron chi connectivity index (χ2n) is 4.60. The highest BCUT2D eigenvalue weighted by Crippen LogP contribution is 2.39. The average Bonchev–Trinajstić information content (AvgIpc) is 3.06. The van der Waals surface area contributed by atoms with Crippen LogP contribution in [0.2, 0.25) is 5.02 Å². The number of anilines is 1. The van der Waals surface area contributed by atoms with Crippen molar-refractivity contribution in [2.75, 3.05) is 5.32 Å². The summed E-state index contributed by atoms with van der Waals surface area (Å²) in [7, 11) is 0. The molecule has 0 spiro atoms. The Bertz CT molecular complexity index is 781. The predicted octanol–water partition coefficient (Wildman–Crippen LogP) is 4.66. The van der Waals surface area contributed by atoms with Gasteiger partial charge in [0.2, 0.25) is 5.91 Å². The maximum absolute atomic E-state index is 12.7. The molecule has 0 aliphatic carbocycles. The number of amides is 1. The summed E-state index contributed by atoms with van der Waals surface area (Å²) in [4.78, 5) is 20.5. The van der Waals surface area contributed by atoms with E-state index >= 15 is 0 Å². The number of benzene rings is 1. The monoisotopic (exact) mass is 361 g/mol. The zero-order valence-electron chi connectivity index (χ0n) is 11.8. The van der Waals surface area contributed by atoms with E-state index in [2.05, 4.69) is 15.3 Å². The molecule has 3 rings (SSSR count). The van der Waals surface area contributed by atoms with Gasteiger partial charge in [0.15, 0.2) is 0 Å². The highest BCUT2D eigenvalue weighted by atomic mass is 35.5. The lowest BCUT2D eigenvalue weighted by Crippen LogP contribution is -2.19. The lowest BCUT2D eigenvalue weighted by atomic mass is 10.1. The summed E-state index contributed by atoms with van der Waals surface area (Å²) in [5, 5.41) is 5.03. The van der Waals surface area contributed by atoms with Gasteiger partial charge in [0.05, 0.1) is 22.3 Å². The average molecular weight is 362 g/mol. The van der Waals surface area contributed by atoms with Gasteiger partial charge in [-0.2, -0.15) is 0 Å². The van der Waals surface area contributed by atoms with Crippen molar-refractivity contribution in [3.8, 4) is 0 Å². The van der Waals surface area contributed by atoms with E-state index < -0.39 is 5.25 Å². The van der Waals surface area contributed by atoms with Crippen LogP contribution in [0.5, 0.6) is 0 Å². The summed E-state index contributed by atoms with van der Waals surface area (Å²) in [5.41, 5.74) is 1.42. The Hall–Kier alpha value is -1.89. The molecule has 1 atom stereocenters. The third-order valence-electron chi connectivity index (χ3n) is 2.95. The first-order valence-corrected chi connectivity index (χ1v) is 8.87. The molecule has 0 fully saturated rings. The molecule has 1 amide bonds. The Morgan fingerprint density at radius 1 is 1.22 bits per heavy atom. The first-order chi connectivity index (χ1) is 11.2. The summed E-state index contributed by atoms with van der Waals surface area (Å²) in [5.74, 6) is -0.138. The molecule has 1 N–H and O–H groups in total. The second kappa shape index (κ2) is 7.59. The van der Waals surface area contributed by atoms with Crippen LogP contribution in [0.3, 0.4) is 0 Å². The molecule has 0 bridgehead atoms. The lowest BCUT2D eigenvalue weighted by molar-refractivity contribution is -0.115. The zero-order valence-corrected chi connectivity index (χ0v) is 14.2. The molecule has 0 saturated carbocycles. The molecule has 4 nitrogen and oxygen atoms in total. The smallest absolute Gasteiger partial charge is 0.242 e. The van der Waals surface area contributed by atoms with Crippen LogP contribution in [0.15, 0.2) is 64.7 Å². The minimum absolute atomic E-state index is 0.138. The summed E-state index contributed by atoms with van der Waals surface area (Å²) in [6, 6.07) is 11.3. The predicted molar refractivity (Wildman–Crippen MR) is 95.0 cm³/mol. The molecule has 3 aromatic rings. The number of thioether (sulfide) groups is 1. The second-order valence-corrected chi connectivity index (χ2v) is 7.39. The molecule has 7 heteroatoms. The number of carbonyl (C=O) groups excluding carboxylic acids is 1. The van der Waals surface area contributed by atoms with Gasteiger partial charge in [0, 0.05) is 5.02 Å². The van der Waals surface area contributed by atoms with E-state index in [1.807, 2.05) is 35.7 Å². The van der Waals surface area contributed by atoms with E-state index in [4.69, 9.17) is 11.6 Å². The SMILES string of the molecule is O=C(Nc1cncnc1)C(Sc1cccs1)c1cccc(Cl)c1. The van der Waals surface area contributed by atoms with Crippen molar-refractivity contribution in [1.29, 1.82) is 0 Å². The molecule has 2 aromatic heterocycles. The van der Waals surface area contributed by atoms with Gasteiger partial charge >= 0.3 is 0 Å². The van der Waals surface area contributed by atoms with Gasteiger partial charge in [-0.05, 0) is 29.1 Å². The number of nitrogens with one attached hydrogen (secondary N) is 1. The maximum Gasteiger partial charge on any atom is 0.242 e. The third-order valence-corrected chi connectivity index (χ3v) is 5.51. The fraction of sp³-hybridized carbons (Fsp3) is 0.0625.